The summed E-state index contributed by atoms with van der Waals surface area (Å²) in [7, 11) is 0. The molecule has 1 aliphatic heterocycles. The lowest BCUT2D eigenvalue weighted by molar-refractivity contribution is -0.146. The number of fused-ring (bicyclic) bond motifs is 1. The SMILES string of the molecule is FC(F)(F)c1nnc2ccc(NC3CCN(CC4CCCC4)CC3)nn12. The van der Waals surface area contributed by atoms with Crippen LogP contribution in [0.1, 0.15) is 44.3 Å². The largest absolute Gasteiger partial charge is 0.453 e. The van der Waals surface area contributed by atoms with E-state index in [9.17, 15) is 13.2 Å². The quantitative estimate of drug-likeness (QED) is 0.898. The Morgan fingerprint density at radius 1 is 1.04 bits per heavy atom. The number of likely N-dealkylation sites (tertiary alicyclic amines) is 1. The molecular formula is C17H23F3N6. The highest BCUT2D eigenvalue weighted by Crippen LogP contribution is 2.28. The van der Waals surface area contributed by atoms with Crippen LogP contribution in [0.4, 0.5) is 19.0 Å². The summed E-state index contributed by atoms with van der Waals surface area (Å²) >= 11 is 0. The molecule has 2 aromatic heterocycles. The number of nitrogens with one attached hydrogen (secondary N) is 1. The topological polar surface area (TPSA) is 58.4 Å². The second-order valence-corrected chi connectivity index (χ2v) is 7.38. The van der Waals surface area contributed by atoms with Gasteiger partial charge in [-0.3, -0.25) is 0 Å². The summed E-state index contributed by atoms with van der Waals surface area (Å²) in [6.07, 6.45) is 2.79. The molecule has 9 heteroatoms. The van der Waals surface area contributed by atoms with Crippen molar-refractivity contribution in [2.24, 2.45) is 5.92 Å². The first-order chi connectivity index (χ1) is 12.5. The van der Waals surface area contributed by atoms with Gasteiger partial charge < -0.3 is 10.2 Å². The van der Waals surface area contributed by atoms with Gasteiger partial charge in [0.25, 0.3) is 5.82 Å². The molecule has 26 heavy (non-hydrogen) atoms. The van der Waals surface area contributed by atoms with E-state index in [1.807, 2.05) is 0 Å². The predicted molar refractivity (Wildman–Crippen MR) is 90.8 cm³/mol. The second-order valence-electron chi connectivity index (χ2n) is 7.38. The normalized spacial score (nSPS) is 20.9. The molecule has 4 rings (SSSR count). The van der Waals surface area contributed by atoms with Gasteiger partial charge in [0.1, 0.15) is 5.82 Å². The summed E-state index contributed by atoms with van der Waals surface area (Å²) in [6.45, 7) is 3.24. The van der Waals surface area contributed by atoms with E-state index in [0.717, 1.165) is 36.4 Å². The number of alkyl halides is 3. The fraction of sp³-hybridized carbons (Fsp3) is 0.706. The molecule has 1 aliphatic carbocycles. The first-order valence-corrected chi connectivity index (χ1v) is 9.27. The van der Waals surface area contributed by atoms with Gasteiger partial charge in [0, 0.05) is 25.7 Å². The Morgan fingerprint density at radius 3 is 2.46 bits per heavy atom. The van der Waals surface area contributed by atoms with Gasteiger partial charge in [-0.15, -0.1) is 15.3 Å². The first kappa shape index (κ1) is 17.5. The predicted octanol–water partition coefficient (Wildman–Crippen LogP) is 3.21. The van der Waals surface area contributed by atoms with E-state index in [1.165, 1.54) is 38.3 Å². The lowest BCUT2D eigenvalue weighted by Gasteiger charge is -2.34. The minimum Gasteiger partial charge on any atom is -0.366 e. The van der Waals surface area contributed by atoms with Crippen molar-refractivity contribution in [1.82, 2.24) is 24.7 Å². The highest BCUT2D eigenvalue weighted by atomic mass is 19.4. The van der Waals surface area contributed by atoms with Gasteiger partial charge in [-0.05, 0) is 43.7 Å². The molecule has 1 N–H and O–H groups in total. The van der Waals surface area contributed by atoms with Crippen LogP contribution in [0, 0.1) is 5.92 Å². The van der Waals surface area contributed by atoms with Crippen molar-refractivity contribution >= 4 is 11.5 Å². The zero-order chi connectivity index (χ0) is 18.1. The molecule has 0 aromatic carbocycles. The average molecular weight is 368 g/mol. The van der Waals surface area contributed by atoms with Gasteiger partial charge in [0.15, 0.2) is 5.65 Å². The third-order valence-electron chi connectivity index (χ3n) is 5.45. The lowest BCUT2D eigenvalue weighted by Crippen LogP contribution is -2.41. The minimum atomic E-state index is -4.57. The van der Waals surface area contributed by atoms with Crippen molar-refractivity contribution in [2.45, 2.75) is 50.7 Å². The number of rotatable bonds is 4. The molecule has 2 aromatic rings. The molecule has 0 spiro atoms. The highest BCUT2D eigenvalue weighted by Gasteiger charge is 2.37. The molecule has 0 unspecified atom stereocenters. The summed E-state index contributed by atoms with van der Waals surface area (Å²) < 4.78 is 39.6. The molecule has 6 nitrogen and oxygen atoms in total. The minimum absolute atomic E-state index is 0.0919. The summed E-state index contributed by atoms with van der Waals surface area (Å²) in [4.78, 5) is 2.52. The van der Waals surface area contributed by atoms with Crippen LogP contribution in [0.15, 0.2) is 12.1 Å². The van der Waals surface area contributed by atoms with Crippen molar-refractivity contribution in [3.8, 4) is 0 Å². The number of piperidine rings is 1. The molecule has 0 radical (unpaired) electrons. The maximum Gasteiger partial charge on any atom is 0.453 e. The summed E-state index contributed by atoms with van der Waals surface area (Å²) in [6, 6.07) is 3.40. The molecule has 1 saturated heterocycles. The Labute approximate surface area is 149 Å². The van der Waals surface area contributed by atoms with Crippen LogP contribution in [0.3, 0.4) is 0 Å². The third-order valence-corrected chi connectivity index (χ3v) is 5.45. The van der Waals surface area contributed by atoms with Crippen molar-refractivity contribution in [1.29, 1.82) is 0 Å². The fourth-order valence-corrected chi connectivity index (χ4v) is 4.07. The number of halogens is 3. The van der Waals surface area contributed by atoms with E-state index < -0.39 is 12.0 Å². The molecule has 2 aliphatic rings. The van der Waals surface area contributed by atoms with E-state index in [2.05, 4.69) is 25.5 Å². The molecule has 2 fully saturated rings. The maximum absolute atomic E-state index is 13.0. The monoisotopic (exact) mass is 368 g/mol. The van der Waals surface area contributed by atoms with E-state index in [1.54, 1.807) is 6.07 Å². The number of nitrogens with zero attached hydrogens (tertiary/aromatic N) is 5. The fourth-order valence-electron chi connectivity index (χ4n) is 4.07. The summed E-state index contributed by atoms with van der Waals surface area (Å²) in [5.74, 6) is 0.178. The van der Waals surface area contributed by atoms with E-state index in [-0.39, 0.29) is 11.7 Å². The van der Waals surface area contributed by atoms with Gasteiger partial charge in [-0.2, -0.15) is 17.7 Å². The molecule has 0 bridgehead atoms. The summed E-state index contributed by atoms with van der Waals surface area (Å²) in [5.41, 5.74) is 0.0919. The smallest absolute Gasteiger partial charge is 0.366 e. The van der Waals surface area contributed by atoms with Gasteiger partial charge in [0.2, 0.25) is 0 Å². The van der Waals surface area contributed by atoms with Crippen LogP contribution < -0.4 is 5.32 Å². The maximum atomic E-state index is 13.0. The van der Waals surface area contributed by atoms with Crippen LogP contribution in [-0.4, -0.2) is 50.4 Å². The Kier molecular flexibility index (Phi) is 4.73. The molecule has 0 atom stereocenters. The Balaban J connectivity index is 1.37. The second kappa shape index (κ2) is 7.02. The Bertz CT molecular complexity index is 745. The molecule has 3 heterocycles. The van der Waals surface area contributed by atoms with E-state index in [0.29, 0.717) is 5.82 Å². The van der Waals surface area contributed by atoms with Gasteiger partial charge in [-0.25, -0.2) is 0 Å². The zero-order valence-corrected chi connectivity index (χ0v) is 14.5. The average Bonchev–Trinajstić information content (AvgIpc) is 3.25. The number of anilines is 1. The number of aromatic nitrogens is 4. The zero-order valence-electron chi connectivity index (χ0n) is 14.5. The van der Waals surface area contributed by atoms with E-state index >= 15 is 0 Å². The van der Waals surface area contributed by atoms with Gasteiger partial charge in [-0.1, -0.05) is 12.8 Å². The highest BCUT2D eigenvalue weighted by molar-refractivity contribution is 5.44. The van der Waals surface area contributed by atoms with Crippen LogP contribution in [0.25, 0.3) is 5.65 Å². The third kappa shape index (κ3) is 3.77. The lowest BCUT2D eigenvalue weighted by atomic mass is 10.0. The number of hydrogen-bond donors (Lipinski definition) is 1. The van der Waals surface area contributed by atoms with Crippen molar-refractivity contribution in [3.05, 3.63) is 18.0 Å². The van der Waals surface area contributed by atoms with Crippen molar-refractivity contribution < 1.29 is 13.2 Å². The van der Waals surface area contributed by atoms with E-state index in [4.69, 9.17) is 0 Å². The first-order valence-electron chi connectivity index (χ1n) is 9.27. The van der Waals surface area contributed by atoms with Gasteiger partial charge in [0.05, 0.1) is 0 Å². The van der Waals surface area contributed by atoms with Crippen LogP contribution >= 0.6 is 0 Å². The summed E-state index contributed by atoms with van der Waals surface area (Å²) in [5, 5.41) is 14.1. The van der Waals surface area contributed by atoms with Gasteiger partial charge >= 0.3 is 6.18 Å². The van der Waals surface area contributed by atoms with Crippen LogP contribution in [0.2, 0.25) is 0 Å². The Morgan fingerprint density at radius 2 is 1.77 bits per heavy atom. The van der Waals surface area contributed by atoms with Crippen molar-refractivity contribution in [3.63, 3.8) is 0 Å². The standard InChI is InChI=1S/C17H23F3N6/c18-17(19,20)16-23-22-15-6-5-14(24-26(15)16)21-13-7-9-25(10-8-13)11-12-3-1-2-4-12/h5-6,12-13H,1-4,7-11H2,(H,21,24). The molecule has 142 valence electrons. The molecule has 1 saturated carbocycles. The van der Waals surface area contributed by atoms with Crippen molar-refractivity contribution in [2.75, 3.05) is 25.0 Å². The molecule has 0 amide bonds. The number of hydrogen-bond acceptors (Lipinski definition) is 5. The van der Waals surface area contributed by atoms with Crippen LogP contribution in [-0.2, 0) is 6.18 Å². The van der Waals surface area contributed by atoms with Crippen LogP contribution in [0.5, 0.6) is 0 Å². The Hall–Kier alpha value is -1.90. The molecular weight excluding hydrogens is 345 g/mol.